The fourth-order valence-corrected chi connectivity index (χ4v) is 1.69. The highest BCUT2D eigenvalue weighted by Gasteiger charge is 2.30. The molecular formula is C11H11F2N3O2. The molecule has 1 saturated heterocycles. The summed E-state index contributed by atoms with van der Waals surface area (Å²) in [6.45, 7) is -0.140. The molecule has 1 heterocycles. The predicted molar refractivity (Wildman–Crippen MR) is 58.4 cm³/mol. The number of urea groups is 1. The first-order valence-corrected chi connectivity index (χ1v) is 5.28. The molecule has 7 heteroatoms. The number of carbonyl (C=O) groups is 2. The lowest BCUT2D eigenvalue weighted by atomic mass is 10.1. The summed E-state index contributed by atoms with van der Waals surface area (Å²) in [5.74, 6) is -2.38. The number of benzene rings is 1. The van der Waals surface area contributed by atoms with E-state index < -0.39 is 29.6 Å². The Morgan fingerprint density at radius 1 is 1.33 bits per heavy atom. The molecule has 18 heavy (non-hydrogen) atoms. The summed E-state index contributed by atoms with van der Waals surface area (Å²) >= 11 is 0. The van der Waals surface area contributed by atoms with Gasteiger partial charge in [-0.1, -0.05) is 6.07 Å². The molecule has 1 aromatic carbocycles. The fourth-order valence-electron chi connectivity index (χ4n) is 1.69. The van der Waals surface area contributed by atoms with E-state index in [1.165, 1.54) is 6.07 Å². The standard InChI is InChI=1S/C11H11F2N3O2/c12-7-2-1-6(3-8(7)13)9(14)5-16-10(17)4-15-11(16)18/h1-3,9H,4-5,14H2,(H,15,18). The molecule has 5 nitrogen and oxygen atoms in total. The smallest absolute Gasteiger partial charge is 0.324 e. The minimum absolute atomic E-state index is 0.0661. The van der Waals surface area contributed by atoms with Gasteiger partial charge in [0.2, 0.25) is 5.91 Å². The maximum atomic E-state index is 13.0. The van der Waals surface area contributed by atoms with E-state index in [0.29, 0.717) is 5.56 Å². The van der Waals surface area contributed by atoms with E-state index in [9.17, 15) is 18.4 Å². The van der Waals surface area contributed by atoms with Crippen molar-refractivity contribution in [2.45, 2.75) is 6.04 Å². The van der Waals surface area contributed by atoms with Crippen LogP contribution in [0, 0.1) is 11.6 Å². The van der Waals surface area contributed by atoms with Gasteiger partial charge in [0.15, 0.2) is 11.6 Å². The van der Waals surface area contributed by atoms with Crippen molar-refractivity contribution in [1.82, 2.24) is 10.2 Å². The van der Waals surface area contributed by atoms with Gasteiger partial charge in [-0.2, -0.15) is 0 Å². The Hall–Kier alpha value is -2.02. The molecule has 2 rings (SSSR count). The van der Waals surface area contributed by atoms with Gasteiger partial charge in [0, 0.05) is 12.6 Å². The van der Waals surface area contributed by atoms with Crippen molar-refractivity contribution >= 4 is 11.9 Å². The Morgan fingerprint density at radius 2 is 2.06 bits per heavy atom. The quantitative estimate of drug-likeness (QED) is 0.773. The van der Waals surface area contributed by atoms with Crippen molar-refractivity contribution in [2.75, 3.05) is 13.1 Å². The number of carbonyl (C=O) groups excluding carboxylic acids is 2. The summed E-state index contributed by atoms with van der Waals surface area (Å²) < 4.78 is 25.8. The molecule has 0 aliphatic carbocycles. The molecule has 0 aromatic heterocycles. The zero-order valence-electron chi connectivity index (χ0n) is 9.32. The SMILES string of the molecule is NC(CN1C(=O)CNC1=O)c1ccc(F)c(F)c1. The number of nitrogens with zero attached hydrogens (tertiary/aromatic N) is 1. The van der Waals surface area contributed by atoms with Crippen molar-refractivity contribution in [3.8, 4) is 0 Å². The van der Waals surface area contributed by atoms with E-state index in [-0.39, 0.29) is 13.1 Å². The van der Waals surface area contributed by atoms with Gasteiger partial charge < -0.3 is 11.1 Å². The first kappa shape index (κ1) is 12.4. The lowest BCUT2D eigenvalue weighted by Crippen LogP contribution is -2.37. The Balaban J connectivity index is 2.11. The molecule has 1 aliphatic rings. The van der Waals surface area contributed by atoms with Crippen LogP contribution in [-0.2, 0) is 4.79 Å². The third-order valence-electron chi connectivity index (χ3n) is 2.69. The minimum Gasteiger partial charge on any atom is -0.329 e. The summed E-state index contributed by atoms with van der Waals surface area (Å²) in [4.78, 5) is 23.6. The summed E-state index contributed by atoms with van der Waals surface area (Å²) in [7, 11) is 0. The van der Waals surface area contributed by atoms with Crippen LogP contribution < -0.4 is 11.1 Å². The average molecular weight is 255 g/mol. The third kappa shape index (κ3) is 2.30. The van der Waals surface area contributed by atoms with Crippen LogP contribution in [-0.4, -0.2) is 29.9 Å². The Labute approximate surface area is 102 Å². The van der Waals surface area contributed by atoms with Crippen molar-refractivity contribution in [1.29, 1.82) is 0 Å². The highest BCUT2D eigenvalue weighted by molar-refractivity contribution is 6.01. The van der Waals surface area contributed by atoms with Crippen molar-refractivity contribution < 1.29 is 18.4 Å². The lowest BCUT2D eigenvalue weighted by Gasteiger charge is -2.18. The average Bonchev–Trinajstić information content (AvgIpc) is 2.64. The lowest BCUT2D eigenvalue weighted by molar-refractivity contribution is -0.125. The van der Waals surface area contributed by atoms with Gasteiger partial charge in [0.1, 0.15) is 0 Å². The number of hydrogen-bond donors (Lipinski definition) is 2. The summed E-state index contributed by atoms with van der Waals surface area (Å²) in [5, 5.41) is 2.34. The molecule has 0 radical (unpaired) electrons. The molecular weight excluding hydrogens is 244 g/mol. The first-order chi connectivity index (χ1) is 8.49. The van der Waals surface area contributed by atoms with Gasteiger partial charge >= 0.3 is 6.03 Å². The molecule has 96 valence electrons. The van der Waals surface area contributed by atoms with Gasteiger partial charge in [-0.15, -0.1) is 0 Å². The normalized spacial score (nSPS) is 16.9. The summed E-state index contributed by atoms with van der Waals surface area (Å²) in [6.07, 6.45) is 0. The largest absolute Gasteiger partial charge is 0.329 e. The third-order valence-corrected chi connectivity index (χ3v) is 2.69. The van der Waals surface area contributed by atoms with Crippen LogP contribution in [0.5, 0.6) is 0 Å². The van der Waals surface area contributed by atoms with Gasteiger partial charge in [-0.25, -0.2) is 13.6 Å². The number of hydrogen-bond acceptors (Lipinski definition) is 3. The van der Waals surface area contributed by atoms with E-state index in [4.69, 9.17) is 5.73 Å². The maximum absolute atomic E-state index is 13.0. The maximum Gasteiger partial charge on any atom is 0.324 e. The number of nitrogens with one attached hydrogen (secondary N) is 1. The summed E-state index contributed by atoms with van der Waals surface area (Å²) in [5.41, 5.74) is 6.08. The van der Waals surface area contributed by atoms with Gasteiger partial charge in [0.05, 0.1) is 6.54 Å². The highest BCUT2D eigenvalue weighted by Crippen LogP contribution is 2.16. The van der Waals surface area contributed by atoms with E-state index in [1.54, 1.807) is 0 Å². The molecule has 0 bridgehead atoms. The number of rotatable bonds is 3. The highest BCUT2D eigenvalue weighted by atomic mass is 19.2. The monoisotopic (exact) mass is 255 g/mol. The van der Waals surface area contributed by atoms with Crippen LogP contribution >= 0.6 is 0 Å². The van der Waals surface area contributed by atoms with Crippen LogP contribution in [0.25, 0.3) is 0 Å². The van der Waals surface area contributed by atoms with Crippen molar-refractivity contribution in [3.63, 3.8) is 0 Å². The molecule has 3 amide bonds. The zero-order valence-corrected chi connectivity index (χ0v) is 9.32. The molecule has 3 N–H and O–H groups in total. The van der Waals surface area contributed by atoms with Crippen LogP contribution in [0.15, 0.2) is 18.2 Å². The number of imide groups is 1. The van der Waals surface area contributed by atoms with Crippen LogP contribution in [0.1, 0.15) is 11.6 Å². The molecule has 1 aliphatic heterocycles. The summed E-state index contributed by atoms with van der Waals surface area (Å²) in [6, 6.07) is 1.95. The minimum atomic E-state index is -1.01. The Bertz CT molecular complexity index is 491. The topological polar surface area (TPSA) is 75.4 Å². The van der Waals surface area contributed by atoms with E-state index in [1.807, 2.05) is 0 Å². The second kappa shape index (κ2) is 4.69. The first-order valence-electron chi connectivity index (χ1n) is 5.28. The van der Waals surface area contributed by atoms with Crippen LogP contribution in [0.3, 0.4) is 0 Å². The van der Waals surface area contributed by atoms with E-state index in [2.05, 4.69) is 5.32 Å². The van der Waals surface area contributed by atoms with Gasteiger partial charge in [-0.3, -0.25) is 9.69 Å². The van der Waals surface area contributed by atoms with Crippen molar-refractivity contribution in [2.24, 2.45) is 5.73 Å². The Kier molecular flexibility index (Phi) is 3.24. The van der Waals surface area contributed by atoms with Crippen LogP contribution in [0.2, 0.25) is 0 Å². The second-order valence-corrected chi connectivity index (χ2v) is 3.94. The van der Waals surface area contributed by atoms with Gasteiger partial charge in [0.25, 0.3) is 0 Å². The molecule has 0 saturated carbocycles. The van der Waals surface area contributed by atoms with Crippen LogP contribution in [0.4, 0.5) is 13.6 Å². The molecule has 1 fully saturated rings. The molecule has 1 aromatic rings. The number of halogens is 2. The molecule has 0 spiro atoms. The fraction of sp³-hybridized carbons (Fsp3) is 0.273. The van der Waals surface area contributed by atoms with E-state index >= 15 is 0 Å². The van der Waals surface area contributed by atoms with Gasteiger partial charge in [-0.05, 0) is 17.7 Å². The predicted octanol–water partition coefficient (Wildman–Crippen LogP) is 0.516. The second-order valence-electron chi connectivity index (χ2n) is 3.94. The number of amides is 3. The zero-order chi connectivity index (χ0) is 13.3. The van der Waals surface area contributed by atoms with E-state index in [0.717, 1.165) is 17.0 Å². The number of nitrogens with two attached hydrogens (primary N) is 1. The Morgan fingerprint density at radius 3 is 2.61 bits per heavy atom. The molecule has 1 unspecified atom stereocenters. The van der Waals surface area contributed by atoms with Crippen molar-refractivity contribution in [3.05, 3.63) is 35.4 Å². The molecule has 1 atom stereocenters.